The first kappa shape index (κ1) is 18.7. The van der Waals surface area contributed by atoms with Crippen LogP contribution in [-0.4, -0.2) is 39.4 Å². The van der Waals surface area contributed by atoms with Gasteiger partial charge in [0.1, 0.15) is 9.96 Å². The summed E-state index contributed by atoms with van der Waals surface area (Å²) in [6, 6.07) is 8.16. The molecule has 3 rings (SSSR count). The van der Waals surface area contributed by atoms with E-state index in [-0.39, 0.29) is 10.1 Å². The van der Waals surface area contributed by atoms with E-state index < -0.39 is 10.0 Å². The van der Waals surface area contributed by atoms with Crippen LogP contribution in [0.15, 0.2) is 39.9 Å². The molecule has 6 nitrogen and oxygen atoms in total. The van der Waals surface area contributed by atoms with Crippen LogP contribution in [0, 0.1) is 0 Å². The smallest absolute Gasteiger partial charge is 0.271 e. The third kappa shape index (κ3) is 4.37. The average Bonchev–Trinajstić information content (AvgIpc) is 2.98. The topological polar surface area (TPSA) is 75.7 Å². The number of methoxy groups -OCH3 is 1. The van der Waals surface area contributed by atoms with Crippen LogP contribution in [0.5, 0.6) is 5.75 Å². The molecule has 1 aliphatic rings. The van der Waals surface area contributed by atoms with Gasteiger partial charge in [-0.3, -0.25) is 9.52 Å². The van der Waals surface area contributed by atoms with E-state index in [4.69, 9.17) is 4.74 Å². The number of benzene rings is 1. The van der Waals surface area contributed by atoms with Crippen LogP contribution >= 0.6 is 11.3 Å². The van der Waals surface area contributed by atoms with Crippen LogP contribution in [0.2, 0.25) is 0 Å². The fourth-order valence-electron chi connectivity index (χ4n) is 2.92. The first-order valence-corrected chi connectivity index (χ1v) is 10.9. The maximum Gasteiger partial charge on any atom is 0.271 e. The van der Waals surface area contributed by atoms with Crippen molar-refractivity contribution >= 4 is 33.0 Å². The van der Waals surface area contributed by atoms with Gasteiger partial charge in [0.05, 0.1) is 18.4 Å². The lowest BCUT2D eigenvalue weighted by atomic mass is 10.2. The van der Waals surface area contributed by atoms with Gasteiger partial charge in [0, 0.05) is 24.5 Å². The molecular formula is C18H22N2O4S2. The van der Waals surface area contributed by atoms with Gasteiger partial charge < -0.3 is 9.64 Å². The molecule has 1 aromatic carbocycles. The minimum atomic E-state index is -3.75. The second-order valence-electron chi connectivity index (χ2n) is 6.20. The Morgan fingerprint density at radius 3 is 2.58 bits per heavy atom. The lowest BCUT2D eigenvalue weighted by molar-refractivity contribution is 0.0762. The fourth-order valence-corrected chi connectivity index (χ4v) is 5.12. The van der Waals surface area contributed by atoms with Crippen LogP contribution in [-0.2, 0) is 10.0 Å². The lowest BCUT2D eigenvalue weighted by Gasteiger charge is -2.19. The predicted octanol–water partition coefficient (Wildman–Crippen LogP) is 3.57. The van der Waals surface area contributed by atoms with Crippen LogP contribution in [0.4, 0.5) is 5.69 Å². The minimum Gasteiger partial charge on any atom is -0.497 e. The van der Waals surface area contributed by atoms with Crippen molar-refractivity contribution in [2.24, 2.45) is 0 Å². The maximum absolute atomic E-state index is 12.6. The zero-order chi connectivity index (χ0) is 18.6. The monoisotopic (exact) mass is 394 g/mol. The van der Waals surface area contributed by atoms with E-state index in [9.17, 15) is 13.2 Å². The zero-order valence-electron chi connectivity index (χ0n) is 14.6. The van der Waals surface area contributed by atoms with E-state index in [0.29, 0.717) is 17.0 Å². The molecule has 0 spiro atoms. The van der Waals surface area contributed by atoms with Gasteiger partial charge in [0.15, 0.2) is 0 Å². The second-order valence-corrected chi connectivity index (χ2v) is 9.02. The Balaban J connectivity index is 1.75. The normalized spacial score (nSPS) is 15.3. The van der Waals surface area contributed by atoms with E-state index >= 15 is 0 Å². The third-order valence-electron chi connectivity index (χ3n) is 4.30. The van der Waals surface area contributed by atoms with Crippen molar-refractivity contribution < 1.29 is 17.9 Å². The maximum atomic E-state index is 12.6. The Morgan fingerprint density at radius 2 is 1.88 bits per heavy atom. The van der Waals surface area contributed by atoms with Crippen molar-refractivity contribution in [1.82, 2.24) is 4.90 Å². The number of likely N-dealkylation sites (tertiary alicyclic amines) is 1. The molecule has 0 unspecified atom stereocenters. The molecule has 0 radical (unpaired) electrons. The molecular weight excluding hydrogens is 372 g/mol. The molecule has 2 heterocycles. The highest BCUT2D eigenvalue weighted by atomic mass is 32.2. The second kappa shape index (κ2) is 8.09. The number of rotatable bonds is 5. The highest BCUT2D eigenvalue weighted by Gasteiger charge is 2.23. The minimum absolute atomic E-state index is 0.0917. The number of carbonyl (C=O) groups excluding carboxylic acids is 1. The van der Waals surface area contributed by atoms with Gasteiger partial charge in [0.2, 0.25) is 0 Å². The van der Waals surface area contributed by atoms with Crippen LogP contribution in [0.25, 0.3) is 0 Å². The molecule has 0 bridgehead atoms. The number of nitrogens with zero attached hydrogens (tertiary/aromatic N) is 1. The molecule has 140 valence electrons. The van der Waals surface area contributed by atoms with E-state index in [1.165, 1.54) is 13.2 Å². The Morgan fingerprint density at radius 1 is 1.15 bits per heavy atom. The number of thiophene rings is 1. The van der Waals surface area contributed by atoms with Gasteiger partial charge >= 0.3 is 0 Å². The summed E-state index contributed by atoms with van der Waals surface area (Å²) >= 11 is 1.05. The Labute approximate surface area is 157 Å². The van der Waals surface area contributed by atoms with Gasteiger partial charge in [-0.1, -0.05) is 18.9 Å². The summed E-state index contributed by atoms with van der Waals surface area (Å²) in [5, 5.41) is 1.62. The Hall–Kier alpha value is -2.06. The van der Waals surface area contributed by atoms with E-state index in [1.807, 2.05) is 4.90 Å². The van der Waals surface area contributed by atoms with Crippen molar-refractivity contribution in [1.29, 1.82) is 0 Å². The highest BCUT2D eigenvalue weighted by Crippen LogP contribution is 2.26. The number of anilines is 1. The van der Waals surface area contributed by atoms with E-state index in [1.54, 1.807) is 29.6 Å². The van der Waals surface area contributed by atoms with E-state index in [0.717, 1.165) is 50.1 Å². The van der Waals surface area contributed by atoms with Crippen LogP contribution < -0.4 is 9.46 Å². The van der Waals surface area contributed by atoms with Gasteiger partial charge in [-0.25, -0.2) is 8.42 Å². The summed E-state index contributed by atoms with van der Waals surface area (Å²) in [5.74, 6) is 0.472. The number of nitrogens with one attached hydrogen (secondary N) is 1. The van der Waals surface area contributed by atoms with Gasteiger partial charge in [-0.2, -0.15) is 0 Å². The number of ether oxygens (including phenoxy) is 1. The SMILES string of the molecule is COc1cccc(NS(=O)(=O)c2cc(C(=O)N3CCCCCC3)cs2)c1. The number of sulfonamides is 1. The predicted molar refractivity (Wildman–Crippen MR) is 102 cm³/mol. The van der Waals surface area contributed by atoms with Gasteiger partial charge in [-0.15, -0.1) is 11.3 Å². The Bertz CT molecular complexity index is 869. The molecule has 1 N–H and O–H groups in total. The largest absolute Gasteiger partial charge is 0.497 e. The van der Waals surface area contributed by atoms with Crippen LogP contribution in [0.1, 0.15) is 36.0 Å². The zero-order valence-corrected chi connectivity index (χ0v) is 16.2. The van der Waals surface area contributed by atoms with Crippen molar-refractivity contribution in [3.05, 3.63) is 41.3 Å². The first-order valence-electron chi connectivity index (χ1n) is 8.54. The quantitative estimate of drug-likeness (QED) is 0.841. The van der Waals surface area contributed by atoms with Crippen molar-refractivity contribution in [3.63, 3.8) is 0 Å². The summed E-state index contributed by atoms with van der Waals surface area (Å²) in [7, 11) is -2.23. The van der Waals surface area contributed by atoms with Gasteiger partial charge in [-0.05, 0) is 31.0 Å². The molecule has 2 aromatic rings. The molecule has 8 heteroatoms. The molecule has 26 heavy (non-hydrogen) atoms. The summed E-state index contributed by atoms with van der Waals surface area (Å²) in [4.78, 5) is 14.5. The van der Waals surface area contributed by atoms with E-state index in [2.05, 4.69) is 4.72 Å². The molecule has 0 saturated carbocycles. The number of hydrogen-bond acceptors (Lipinski definition) is 5. The van der Waals surface area contributed by atoms with Crippen LogP contribution in [0.3, 0.4) is 0 Å². The fraction of sp³-hybridized carbons (Fsp3) is 0.389. The molecule has 1 aliphatic heterocycles. The number of hydrogen-bond donors (Lipinski definition) is 1. The van der Waals surface area contributed by atoms with Crippen molar-refractivity contribution in [2.75, 3.05) is 24.9 Å². The summed E-state index contributed by atoms with van der Waals surface area (Å²) in [6.45, 7) is 1.47. The highest BCUT2D eigenvalue weighted by molar-refractivity contribution is 7.94. The van der Waals surface area contributed by atoms with Crippen molar-refractivity contribution in [2.45, 2.75) is 29.9 Å². The third-order valence-corrected chi connectivity index (χ3v) is 7.12. The molecule has 1 saturated heterocycles. The molecule has 1 fully saturated rings. The Kier molecular flexibility index (Phi) is 5.83. The average molecular weight is 395 g/mol. The molecule has 0 atom stereocenters. The standard InChI is InChI=1S/C18H22N2O4S2/c1-24-16-8-6-7-15(12-16)19-26(22,23)17-11-14(13-25-17)18(21)20-9-4-2-3-5-10-20/h6-8,11-13,19H,2-5,9-10H2,1H3. The van der Waals surface area contributed by atoms with Crippen molar-refractivity contribution in [3.8, 4) is 5.75 Å². The molecule has 0 aliphatic carbocycles. The summed E-state index contributed by atoms with van der Waals surface area (Å²) < 4.78 is 33.0. The molecule has 1 aromatic heterocycles. The summed E-state index contributed by atoms with van der Waals surface area (Å²) in [6.07, 6.45) is 4.27. The van der Waals surface area contributed by atoms with Gasteiger partial charge in [0.25, 0.3) is 15.9 Å². The lowest BCUT2D eigenvalue weighted by Crippen LogP contribution is -2.31. The first-order chi connectivity index (χ1) is 12.5. The molecule has 1 amide bonds. The number of amides is 1. The number of carbonyl (C=O) groups is 1. The summed E-state index contributed by atoms with van der Waals surface area (Å²) in [5.41, 5.74) is 0.848.